The topological polar surface area (TPSA) is 17.1 Å². The fraction of sp³-hybridized carbons (Fsp3) is 0.842. The van der Waals surface area contributed by atoms with Crippen LogP contribution in [0.1, 0.15) is 65.2 Å². The molecule has 0 aromatic carbocycles. The van der Waals surface area contributed by atoms with E-state index >= 15 is 0 Å². The van der Waals surface area contributed by atoms with E-state index in [1.165, 1.54) is 18.4 Å². The highest BCUT2D eigenvalue weighted by molar-refractivity contribution is 5.91. The molecule has 0 N–H and O–H groups in total. The maximum absolute atomic E-state index is 14.4. The van der Waals surface area contributed by atoms with E-state index < -0.39 is 6.17 Å². The van der Waals surface area contributed by atoms with Gasteiger partial charge in [0.1, 0.15) is 6.17 Å². The smallest absolute Gasteiger partial charge is 0.155 e. The summed E-state index contributed by atoms with van der Waals surface area (Å²) in [6.45, 7) is 4.61. The van der Waals surface area contributed by atoms with E-state index in [2.05, 4.69) is 13.8 Å². The average molecular weight is 289 g/mol. The van der Waals surface area contributed by atoms with Crippen molar-refractivity contribution < 1.29 is 9.18 Å². The van der Waals surface area contributed by atoms with Crippen molar-refractivity contribution >= 4 is 5.78 Å². The molecular formula is C19H27FO. The highest BCUT2D eigenvalue weighted by Crippen LogP contribution is 2.65. The van der Waals surface area contributed by atoms with Gasteiger partial charge in [0.05, 0.1) is 0 Å². The number of carbonyl (C=O) groups excluding carboxylic acids is 1. The summed E-state index contributed by atoms with van der Waals surface area (Å²) in [5.74, 6) is 2.29. The van der Waals surface area contributed by atoms with Gasteiger partial charge in [0.2, 0.25) is 0 Å². The lowest BCUT2D eigenvalue weighted by Gasteiger charge is -2.57. The fourth-order valence-electron chi connectivity index (χ4n) is 6.50. The van der Waals surface area contributed by atoms with Crippen molar-refractivity contribution in [3.63, 3.8) is 0 Å². The molecule has 4 aliphatic rings. The molecule has 6 unspecified atom stereocenters. The molecule has 116 valence electrons. The van der Waals surface area contributed by atoms with Crippen LogP contribution < -0.4 is 0 Å². The molecule has 0 amide bonds. The van der Waals surface area contributed by atoms with E-state index in [4.69, 9.17) is 0 Å². The van der Waals surface area contributed by atoms with E-state index in [-0.39, 0.29) is 10.8 Å². The first-order chi connectivity index (χ1) is 9.95. The zero-order valence-electron chi connectivity index (χ0n) is 13.3. The quantitative estimate of drug-likeness (QED) is 0.622. The van der Waals surface area contributed by atoms with Gasteiger partial charge in [-0.15, -0.1) is 0 Å². The van der Waals surface area contributed by atoms with Gasteiger partial charge in [0.25, 0.3) is 0 Å². The Kier molecular flexibility index (Phi) is 2.94. The van der Waals surface area contributed by atoms with E-state index in [0.29, 0.717) is 23.5 Å². The third kappa shape index (κ3) is 1.77. The zero-order chi connectivity index (χ0) is 14.8. The van der Waals surface area contributed by atoms with Gasteiger partial charge in [0.15, 0.2) is 5.78 Å². The minimum Gasteiger partial charge on any atom is -0.295 e. The molecule has 1 nitrogen and oxygen atoms in total. The minimum atomic E-state index is -0.582. The maximum atomic E-state index is 14.4. The molecule has 2 heteroatoms. The molecule has 0 aromatic rings. The summed E-state index contributed by atoms with van der Waals surface area (Å²) in [6, 6.07) is 0. The Bertz CT molecular complexity index is 510. The number of carbonyl (C=O) groups is 1. The van der Waals surface area contributed by atoms with Gasteiger partial charge >= 0.3 is 0 Å². The second-order valence-electron chi connectivity index (χ2n) is 8.56. The van der Waals surface area contributed by atoms with Gasteiger partial charge in [-0.25, -0.2) is 4.39 Å². The van der Waals surface area contributed by atoms with Crippen molar-refractivity contribution in [2.45, 2.75) is 71.4 Å². The van der Waals surface area contributed by atoms with Crippen LogP contribution >= 0.6 is 0 Å². The number of alkyl halides is 1. The van der Waals surface area contributed by atoms with E-state index in [1.807, 2.05) is 6.08 Å². The van der Waals surface area contributed by atoms with Crippen LogP contribution in [0, 0.1) is 28.6 Å². The molecule has 21 heavy (non-hydrogen) atoms. The molecule has 6 atom stereocenters. The number of rotatable bonds is 0. The standard InChI is InChI=1S/C19H27FO/c1-18-9-7-13(21)11-12(18)3-4-14-15-5-6-17(20)19(15,2)10-8-16(14)18/h11,14-17H,3-10H2,1-2H3/i20-1. The van der Waals surface area contributed by atoms with Crippen molar-refractivity contribution in [3.05, 3.63) is 11.6 Å². The highest BCUT2D eigenvalue weighted by atomic mass is 18.2. The Balaban J connectivity index is 1.69. The van der Waals surface area contributed by atoms with Crippen LogP contribution in [0.25, 0.3) is 0 Å². The molecule has 0 heterocycles. The maximum Gasteiger partial charge on any atom is 0.155 e. The van der Waals surface area contributed by atoms with Crippen molar-refractivity contribution in [1.29, 1.82) is 0 Å². The van der Waals surface area contributed by atoms with Crippen molar-refractivity contribution in [3.8, 4) is 0 Å². The first kappa shape index (κ1) is 14.0. The van der Waals surface area contributed by atoms with E-state index in [1.54, 1.807) is 0 Å². The van der Waals surface area contributed by atoms with Crippen molar-refractivity contribution in [1.82, 2.24) is 0 Å². The normalized spacial score (nSPS) is 52.7. The van der Waals surface area contributed by atoms with Crippen molar-refractivity contribution in [2.75, 3.05) is 0 Å². The molecule has 3 saturated carbocycles. The van der Waals surface area contributed by atoms with E-state index in [9.17, 15) is 9.18 Å². The number of halogens is 1. The summed E-state index contributed by atoms with van der Waals surface area (Å²) in [5, 5.41) is 0. The number of hydrogen-bond acceptors (Lipinski definition) is 1. The first-order valence-electron chi connectivity index (χ1n) is 8.83. The van der Waals surface area contributed by atoms with E-state index in [0.717, 1.165) is 38.5 Å². The lowest BCUT2D eigenvalue weighted by atomic mass is 9.47. The Labute approximate surface area is 127 Å². The SMILES string of the molecule is CC12CCC(=O)C=C1CCC1C2CCC2(C)C([18F])CCC12. The van der Waals surface area contributed by atoms with Crippen LogP contribution in [-0.4, -0.2) is 12.0 Å². The van der Waals surface area contributed by atoms with Gasteiger partial charge in [-0.1, -0.05) is 19.4 Å². The van der Waals surface area contributed by atoms with Crippen LogP contribution in [0.15, 0.2) is 11.6 Å². The number of ketones is 1. The number of fused-ring (bicyclic) bond motifs is 5. The summed E-state index contributed by atoms with van der Waals surface area (Å²) in [4.78, 5) is 11.8. The van der Waals surface area contributed by atoms with Crippen LogP contribution in [0.3, 0.4) is 0 Å². The van der Waals surface area contributed by atoms with Crippen LogP contribution in [-0.2, 0) is 4.79 Å². The molecule has 0 aliphatic heterocycles. The summed E-state index contributed by atoms with van der Waals surface area (Å²) >= 11 is 0. The average Bonchev–Trinajstić information content (AvgIpc) is 2.76. The summed E-state index contributed by atoms with van der Waals surface area (Å²) < 4.78 is 14.4. The zero-order valence-corrected chi connectivity index (χ0v) is 13.3. The molecule has 4 rings (SSSR count). The molecule has 0 radical (unpaired) electrons. The van der Waals surface area contributed by atoms with Crippen LogP contribution in [0.4, 0.5) is 4.39 Å². The van der Waals surface area contributed by atoms with Gasteiger partial charge in [-0.05, 0) is 74.2 Å². The largest absolute Gasteiger partial charge is 0.295 e. The van der Waals surface area contributed by atoms with Gasteiger partial charge in [0, 0.05) is 11.8 Å². The Morgan fingerprint density at radius 2 is 1.86 bits per heavy atom. The van der Waals surface area contributed by atoms with Crippen LogP contribution in [0.5, 0.6) is 0 Å². The predicted molar refractivity (Wildman–Crippen MR) is 81.6 cm³/mol. The third-order valence-electron chi connectivity index (χ3n) is 7.85. The summed E-state index contributed by atoms with van der Waals surface area (Å²) in [6.07, 6.45) is 9.48. The second kappa shape index (κ2) is 4.43. The molecule has 0 aromatic heterocycles. The summed E-state index contributed by atoms with van der Waals surface area (Å²) in [7, 11) is 0. The van der Waals surface area contributed by atoms with Gasteiger partial charge in [-0.2, -0.15) is 0 Å². The Morgan fingerprint density at radius 1 is 1.05 bits per heavy atom. The second-order valence-corrected chi connectivity index (χ2v) is 8.56. The summed E-state index contributed by atoms with van der Waals surface area (Å²) in [5.41, 5.74) is 1.59. The predicted octanol–water partition coefficient (Wildman–Crippen LogP) is 4.86. The molecular weight excluding hydrogens is 262 g/mol. The van der Waals surface area contributed by atoms with Gasteiger partial charge < -0.3 is 0 Å². The Morgan fingerprint density at radius 3 is 2.67 bits per heavy atom. The molecule has 3 fully saturated rings. The lowest BCUT2D eigenvalue weighted by molar-refractivity contribution is -0.117. The minimum absolute atomic E-state index is 0.0524. The Hall–Kier alpha value is -0.660. The molecule has 0 spiro atoms. The fourth-order valence-corrected chi connectivity index (χ4v) is 6.50. The van der Waals surface area contributed by atoms with Gasteiger partial charge in [-0.3, -0.25) is 4.79 Å². The molecule has 4 aliphatic carbocycles. The lowest BCUT2D eigenvalue weighted by Crippen LogP contribution is -2.50. The molecule has 0 bridgehead atoms. The highest BCUT2D eigenvalue weighted by Gasteiger charge is 2.59. The molecule has 0 saturated heterocycles. The first-order valence-corrected chi connectivity index (χ1v) is 8.83. The van der Waals surface area contributed by atoms with Crippen LogP contribution in [0.2, 0.25) is 0 Å². The van der Waals surface area contributed by atoms with Crippen molar-refractivity contribution in [2.24, 2.45) is 28.6 Å². The monoisotopic (exact) mass is 289 g/mol. The third-order valence-corrected chi connectivity index (χ3v) is 7.85. The number of hydrogen-bond donors (Lipinski definition) is 0. The number of allylic oxidation sites excluding steroid dienone is 1.